The van der Waals surface area contributed by atoms with Gasteiger partial charge in [-0.2, -0.15) is 0 Å². The van der Waals surface area contributed by atoms with Gasteiger partial charge < -0.3 is 11.5 Å². The smallest absolute Gasteiger partial charge is 0.270 e. The van der Waals surface area contributed by atoms with E-state index in [2.05, 4.69) is 0 Å². The lowest BCUT2D eigenvalue weighted by Gasteiger charge is -2.16. The molecule has 0 saturated heterocycles. The lowest BCUT2D eigenvalue weighted by molar-refractivity contribution is 0.0173. The summed E-state index contributed by atoms with van der Waals surface area (Å²) in [4.78, 5) is 0. The largest absolute Gasteiger partial charge is 0.328 e. The summed E-state index contributed by atoms with van der Waals surface area (Å²) >= 11 is 5.90. The zero-order valence-electron chi connectivity index (χ0n) is 23.1. The lowest BCUT2D eigenvalue weighted by Crippen LogP contribution is -2.14. The Morgan fingerprint density at radius 1 is 0.784 bits per heavy atom. The standard InChI is InChI=1S/C16H25F2N.C14H21ClFN.CH4/c1-11(2)14-8-13(7-5-6-12(3)19)9-15(10-14)16(4,17)18;1-9(2)12-7-11(6-4-5-10(3)17)8-13(15)14(12)16;/h8-12H,5-7,19H2,1-4H3;7-10H,4-6,17H2,1-3H3;1H4/t12-;10-;/m00./s1. The van der Waals surface area contributed by atoms with Crippen LogP contribution in [0.4, 0.5) is 13.2 Å². The number of hydrogen-bond donors (Lipinski definition) is 2. The molecule has 2 atom stereocenters. The average molecular weight is 543 g/mol. The van der Waals surface area contributed by atoms with Gasteiger partial charge in [0.25, 0.3) is 5.92 Å². The Bertz CT molecular complexity index is 935. The Hall–Kier alpha value is -1.56. The third-order valence-electron chi connectivity index (χ3n) is 6.18. The fraction of sp³-hybridized carbons (Fsp3) is 0.613. The van der Waals surface area contributed by atoms with Crippen molar-refractivity contribution in [3.8, 4) is 0 Å². The maximum absolute atomic E-state index is 13.7. The molecule has 2 aromatic rings. The van der Waals surface area contributed by atoms with Crippen LogP contribution in [0.5, 0.6) is 0 Å². The molecule has 0 saturated carbocycles. The highest BCUT2D eigenvalue weighted by Crippen LogP contribution is 2.31. The molecule has 37 heavy (non-hydrogen) atoms. The van der Waals surface area contributed by atoms with Crippen molar-refractivity contribution in [2.45, 2.75) is 124 Å². The quantitative estimate of drug-likeness (QED) is 0.297. The van der Waals surface area contributed by atoms with Crippen LogP contribution in [0, 0.1) is 5.82 Å². The third kappa shape index (κ3) is 13.2. The van der Waals surface area contributed by atoms with Gasteiger partial charge in [-0.1, -0.05) is 58.9 Å². The molecule has 0 aliphatic rings. The molecule has 0 aliphatic heterocycles. The Kier molecular flexibility index (Phi) is 15.7. The van der Waals surface area contributed by atoms with E-state index in [0.717, 1.165) is 62.1 Å². The Balaban J connectivity index is 0.000000686. The molecule has 6 heteroatoms. The first-order valence-corrected chi connectivity index (χ1v) is 13.5. The summed E-state index contributed by atoms with van der Waals surface area (Å²) in [6, 6.07) is 9.33. The van der Waals surface area contributed by atoms with Crippen molar-refractivity contribution < 1.29 is 13.2 Å². The maximum Gasteiger partial charge on any atom is 0.270 e. The second-order valence-corrected chi connectivity index (χ2v) is 11.3. The molecule has 0 aromatic heterocycles. The van der Waals surface area contributed by atoms with E-state index in [0.29, 0.717) is 5.56 Å². The number of benzene rings is 2. The summed E-state index contributed by atoms with van der Waals surface area (Å²) in [5.74, 6) is -2.64. The van der Waals surface area contributed by atoms with Crippen LogP contribution in [0.3, 0.4) is 0 Å². The molecule has 0 bridgehead atoms. The van der Waals surface area contributed by atoms with Gasteiger partial charge in [-0.05, 0) is 105 Å². The number of hydrogen-bond acceptors (Lipinski definition) is 2. The van der Waals surface area contributed by atoms with Crippen molar-refractivity contribution in [1.29, 1.82) is 0 Å². The van der Waals surface area contributed by atoms with Crippen LogP contribution < -0.4 is 11.5 Å². The molecule has 2 nitrogen and oxygen atoms in total. The van der Waals surface area contributed by atoms with E-state index in [1.165, 1.54) is 0 Å². The van der Waals surface area contributed by atoms with E-state index in [9.17, 15) is 13.2 Å². The molecule has 0 heterocycles. The molecule has 0 amide bonds. The first kappa shape index (κ1) is 35.4. The summed E-state index contributed by atoms with van der Waals surface area (Å²) in [5, 5.41) is 0.229. The highest BCUT2D eigenvalue weighted by atomic mass is 35.5. The van der Waals surface area contributed by atoms with Gasteiger partial charge in [-0.3, -0.25) is 0 Å². The SMILES string of the molecule is C.CC(C)c1cc(CCC[C@H](C)N)cc(C(C)(F)F)c1.CC(C)c1cc(CCC[C@H](C)N)cc(Cl)c1F. The summed E-state index contributed by atoms with van der Waals surface area (Å²) in [7, 11) is 0. The monoisotopic (exact) mass is 542 g/mol. The summed E-state index contributed by atoms with van der Waals surface area (Å²) in [6.07, 6.45) is 5.56. The van der Waals surface area contributed by atoms with E-state index in [1.807, 2.05) is 53.7 Å². The van der Waals surface area contributed by atoms with E-state index < -0.39 is 5.92 Å². The zero-order valence-corrected chi connectivity index (χ0v) is 23.9. The molecule has 2 aromatic carbocycles. The van der Waals surface area contributed by atoms with Crippen LogP contribution in [0.2, 0.25) is 5.02 Å². The van der Waals surface area contributed by atoms with Crippen LogP contribution in [0.25, 0.3) is 0 Å². The predicted molar refractivity (Wildman–Crippen MR) is 156 cm³/mol. The van der Waals surface area contributed by atoms with Gasteiger partial charge in [0.1, 0.15) is 5.82 Å². The van der Waals surface area contributed by atoms with E-state index in [-0.39, 0.29) is 47.7 Å². The highest BCUT2D eigenvalue weighted by Gasteiger charge is 2.25. The van der Waals surface area contributed by atoms with Crippen molar-refractivity contribution in [3.05, 3.63) is 69.0 Å². The summed E-state index contributed by atoms with van der Waals surface area (Å²) in [5.41, 5.74) is 15.3. The molecular weight excluding hydrogens is 493 g/mol. The van der Waals surface area contributed by atoms with E-state index in [1.54, 1.807) is 18.2 Å². The lowest BCUT2D eigenvalue weighted by atomic mass is 9.93. The van der Waals surface area contributed by atoms with Gasteiger partial charge in [0, 0.05) is 24.6 Å². The van der Waals surface area contributed by atoms with Crippen molar-refractivity contribution in [3.63, 3.8) is 0 Å². The molecule has 0 aliphatic carbocycles. The molecule has 2 rings (SSSR count). The summed E-state index contributed by atoms with van der Waals surface area (Å²) < 4.78 is 40.7. The van der Waals surface area contributed by atoms with Crippen LogP contribution in [-0.4, -0.2) is 12.1 Å². The van der Waals surface area contributed by atoms with Crippen molar-refractivity contribution >= 4 is 11.6 Å². The molecule has 0 fully saturated rings. The van der Waals surface area contributed by atoms with Gasteiger partial charge in [0.2, 0.25) is 0 Å². The van der Waals surface area contributed by atoms with Crippen molar-refractivity contribution in [2.24, 2.45) is 11.5 Å². The minimum Gasteiger partial charge on any atom is -0.328 e. The molecule has 4 N–H and O–H groups in total. The molecule has 0 unspecified atom stereocenters. The topological polar surface area (TPSA) is 52.0 Å². The van der Waals surface area contributed by atoms with Crippen molar-refractivity contribution in [2.75, 3.05) is 0 Å². The van der Waals surface area contributed by atoms with Crippen LogP contribution >= 0.6 is 11.6 Å². The number of aryl methyl sites for hydroxylation is 2. The maximum atomic E-state index is 13.7. The number of rotatable bonds is 11. The predicted octanol–water partition coefficient (Wildman–Crippen LogP) is 9.50. The second-order valence-electron chi connectivity index (χ2n) is 10.9. The van der Waals surface area contributed by atoms with Crippen molar-refractivity contribution in [1.82, 2.24) is 0 Å². The van der Waals surface area contributed by atoms with Gasteiger partial charge in [-0.15, -0.1) is 0 Å². The molecule has 0 spiro atoms. The number of alkyl halides is 2. The fourth-order valence-corrected chi connectivity index (χ4v) is 4.19. The first-order valence-electron chi connectivity index (χ1n) is 13.1. The fourth-order valence-electron chi connectivity index (χ4n) is 3.94. The van der Waals surface area contributed by atoms with Gasteiger partial charge in [0.05, 0.1) is 5.02 Å². The van der Waals surface area contributed by atoms with E-state index in [4.69, 9.17) is 23.1 Å². The third-order valence-corrected chi connectivity index (χ3v) is 6.45. The Morgan fingerprint density at radius 2 is 1.27 bits per heavy atom. The van der Waals surface area contributed by atoms with Crippen LogP contribution in [0.15, 0.2) is 30.3 Å². The Morgan fingerprint density at radius 3 is 1.68 bits per heavy atom. The minimum absolute atomic E-state index is 0. The molecular formula is C31H50ClF3N2. The van der Waals surface area contributed by atoms with Gasteiger partial charge >= 0.3 is 0 Å². The average Bonchev–Trinajstić information content (AvgIpc) is 2.75. The number of halogens is 4. The molecule has 212 valence electrons. The van der Waals surface area contributed by atoms with Crippen LogP contribution in [0.1, 0.15) is 121 Å². The second kappa shape index (κ2) is 16.4. The molecule has 0 radical (unpaired) electrons. The highest BCUT2D eigenvalue weighted by molar-refractivity contribution is 6.30. The first-order chi connectivity index (χ1) is 16.6. The van der Waals surface area contributed by atoms with Gasteiger partial charge in [0.15, 0.2) is 0 Å². The minimum atomic E-state index is -2.78. The van der Waals surface area contributed by atoms with Crippen LogP contribution in [-0.2, 0) is 18.8 Å². The summed E-state index contributed by atoms with van der Waals surface area (Å²) in [6.45, 7) is 12.9. The Labute approximate surface area is 229 Å². The number of nitrogens with two attached hydrogens (primary N) is 2. The van der Waals surface area contributed by atoms with Gasteiger partial charge in [-0.25, -0.2) is 13.2 Å². The van der Waals surface area contributed by atoms with E-state index >= 15 is 0 Å². The normalized spacial score (nSPS) is 13.2. The zero-order chi connectivity index (χ0) is 27.6.